The molecule has 0 radical (unpaired) electrons. The first-order valence-corrected chi connectivity index (χ1v) is 11.3. The number of nitrogens with one attached hydrogen (secondary N) is 1. The van der Waals surface area contributed by atoms with E-state index in [0.29, 0.717) is 36.3 Å². The number of pyridine rings is 1. The highest BCUT2D eigenvalue weighted by atomic mass is 35.5. The minimum atomic E-state index is -2.69. The highest BCUT2D eigenvalue weighted by Gasteiger charge is 2.36. The molecule has 1 aromatic carbocycles. The van der Waals surface area contributed by atoms with Crippen LogP contribution < -0.4 is 20.7 Å². The summed E-state index contributed by atoms with van der Waals surface area (Å²) in [6.45, 7) is 1.07. The molecule has 33 heavy (non-hydrogen) atoms. The number of carbonyl (C=O) groups is 1. The normalized spacial score (nSPS) is 20.7. The second-order valence-corrected chi connectivity index (χ2v) is 9.10. The van der Waals surface area contributed by atoms with Gasteiger partial charge in [0.15, 0.2) is 0 Å². The zero-order chi connectivity index (χ0) is 23.8. The number of hydrogen-bond donors (Lipinski definition) is 2. The van der Waals surface area contributed by atoms with Crippen molar-refractivity contribution in [1.82, 2.24) is 10.3 Å². The molecule has 1 aromatic heterocycles. The predicted molar refractivity (Wildman–Crippen MR) is 121 cm³/mol. The zero-order valence-electron chi connectivity index (χ0n) is 18.2. The van der Waals surface area contributed by atoms with E-state index in [4.69, 9.17) is 22.1 Å². The first kappa shape index (κ1) is 23.6. The summed E-state index contributed by atoms with van der Waals surface area (Å²) >= 11 is 6.11. The number of halogens is 4. The number of carbonyl (C=O) groups excluding carboxylic acids is 1. The van der Waals surface area contributed by atoms with Crippen molar-refractivity contribution in [2.45, 2.75) is 50.1 Å². The van der Waals surface area contributed by atoms with E-state index in [1.807, 2.05) is 4.90 Å². The molecular weight excluding hydrogens is 457 g/mol. The van der Waals surface area contributed by atoms with Gasteiger partial charge in [0, 0.05) is 49.2 Å². The number of methoxy groups -OCH3 is 1. The number of hydrogen-bond acceptors (Lipinski definition) is 5. The number of amides is 1. The molecule has 1 saturated carbocycles. The Bertz CT molecular complexity index is 1020. The Morgan fingerprint density at radius 2 is 2.00 bits per heavy atom. The molecule has 1 atom stereocenters. The maximum absolute atomic E-state index is 14.2. The molecule has 10 heteroatoms. The van der Waals surface area contributed by atoms with Crippen molar-refractivity contribution in [2.75, 3.05) is 25.1 Å². The van der Waals surface area contributed by atoms with E-state index in [9.17, 15) is 18.0 Å². The van der Waals surface area contributed by atoms with Gasteiger partial charge in [-0.1, -0.05) is 11.6 Å². The second kappa shape index (κ2) is 9.38. The second-order valence-electron chi connectivity index (χ2n) is 8.66. The van der Waals surface area contributed by atoms with Crippen LogP contribution >= 0.6 is 11.6 Å². The van der Waals surface area contributed by atoms with Crippen molar-refractivity contribution >= 4 is 23.2 Å². The Morgan fingerprint density at radius 3 is 2.61 bits per heavy atom. The van der Waals surface area contributed by atoms with Crippen LogP contribution in [0, 0.1) is 5.82 Å². The van der Waals surface area contributed by atoms with Crippen molar-refractivity contribution in [3.63, 3.8) is 0 Å². The van der Waals surface area contributed by atoms with E-state index in [2.05, 4.69) is 10.3 Å². The third-order valence-corrected chi connectivity index (χ3v) is 6.42. The summed E-state index contributed by atoms with van der Waals surface area (Å²) in [5.41, 5.74) is 7.72. The molecule has 0 bridgehead atoms. The van der Waals surface area contributed by atoms with Crippen LogP contribution in [0.25, 0.3) is 11.1 Å². The van der Waals surface area contributed by atoms with E-state index in [-0.39, 0.29) is 54.2 Å². The van der Waals surface area contributed by atoms with E-state index in [1.165, 1.54) is 25.4 Å². The Morgan fingerprint density at radius 1 is 1.27 bits per heavy atom. The summed E-state index contributed by atoms with van der Waals surface area (Å²) in [5.74, 6) is -3.45. The number of alkyl halides is 2. The summed E-state index contributed by atoms with van der Waals surface area (Å²) in [6, 6.07) is 3.61. The standard InChI is InChI=1S/C23H26ClF3N4O2/c1-33-22-19(13-8-14(24)10-15(25)9-13)20(31-7-4-16(28)12-31)18(11-29-22)21(32)30-17-2-5-23(26,27)6-3-17/h8-11,16-17H,2-7,12,28H2,1H3,(H,30,32)/t16-/m0/s1. The van der Waals surface area contributed by atoms with Gasteiger partial charge in [-0.3, -0.25) is 4.79 Å². The molecule has 0 spiro atoms. The largest absolute Gasteiger partial charge is 0.480 e. The smallest absolute Gasteiger partial charge is 0.255 e. The molecule has 1 saturated heterocycles. The topological polar surface area (TPSA) is 80.5 Å². The van der Waals surface area contributed by atoms with Crippen LogP contribution in [-0.4, -0.2) is 49.1 Å². The van der Waals surface area contributed by atoms with Gasteiger partial charge >= 0.3 is 0 Å². The highest BCUT2D eigenvalue weighted by Crippen LogP contribution is 2.42. The lowest BCUT2D eigenvalue weighted by Gasteiger charge is -2.30. The third-order valence-electron chi connectivity index (χ3n) is 6.20. The van der Waals surface area contributed by atoms with Crippen LogP contribution in [0.4, 0.5) is 18.9 Å². The van der Waals surface area contributed by atoms with Crippen LogP contribution in [0.5, 0.6) is 5.88 Å². The molecule has 2 heterocycles. The van der Waals surface area contributed by atoms with E-state index in [0.717, 1.165) is 0 Å². The first-order chi connectivity index (χ1) is 15.7. The first-order valence-electron chi connectivity index (χ1n) is 10.9. The van der Waals surface area contributed by atoms with Crippen molar-refractivity contribution < 1.29 is 22.7 Å². The maximum atomic E-state index is 14.2. The van der Waals surface area contributed by atoms with Crippen LogP contribution in [0.1, 0.15) is 42.5 Å². The molecule has 2 aromatic rings. The van der Waals surface area contributed by atoms with Gasteiger partial charge in [-0.15, -0.1) is 0 Å². The monoisotopic (exact) mass is 482 g/mol. The zero-order valence-corrected chi connectivity index (χ0v) is 19.0. The molecule has 2 fully saturated rings. The minimum Gasteiger partial charge on any atom is -0.480 e. The Hall–Kier alpha value is -2.52. The Balaban J connectivity index is 1.77. The molecule has 178 valence electrons. The fraction of sp³-hybridized carbons (Fsp3) is 0.478. The van der Waals surface area contributed by atoms with E-state index < -0.39 is 17.6 Å². The molecule has 1 aliphatic carbocycles. The average Bonchev–Trinajstić information content (AvgIpc) is 3.19. The van der Waals surface area contributed by atoms with Crippen molar-refractivity contribution in [3.05, 3.63) is 40.8 Å². The van der Waals surface area contributed by atoms with Crippen molar-refractivity contribution in [1.29, 1.82) is 0 Å². The number of nitrogens with two attached hydrogens (primary N) is 1. The summed E-state index contributed by atoms with van der Waals surface area (Å²) < 4.78 is 46.8. The van der Waals surface area contributed by atoms with Crippen molar-refractivity contribution in [3.8, 4) is 17.0 Å². The number of nitrogens with zero attached hydrogens (tertiary/aromatic N) is 2. The van der Waals surface area contributed by atoms with Gasteiger partial charge in [0.2, 0.25) is 11.8 Å². The van der Waals surface area contributed by atoms with Gasteiger partial charge in [0.05, 0.1) is 23.9 Å². The molecule has 6 nitrogen and oxygen atoms in total. The van der Waals surface area contributed by atoms with E-state index >= 15 is 0 Å². The lowest BCUT2D eigenvalue weighted by atomic mass is 9.92. The van der Waals surface area contributed by atoms with Crippen molar-refractivity contribution in [2.24, 2.45) is 5.73 Å². The SMILES string of the molecule is COc1ncc(C(=O)NC2CCC(F)(F)CC2)c(N2CC[C@H](N)C2)c1-c1cc(F)cc(Cl)c1. The predicted octanol–water partition coefficient (Wildman–Crippen LogP) is 4.39. The summed E-state index contributed by atoms with van der Waals surface area (Å²) in [4.78, 5) is 19.6. The highest BCUT2D eigenvalue weighted by molar-refractivity contribution is 6.31. The summed E-state index contributed by atoms with van der Waals surface area (Å²) in [5, 5.41) is 3.06. The third kappa shape index (κ3) is 5.19. The van der Waals surface area contributed by atoms with Crippen LogP contribution in [0.3, 0.4) is 0 Å². The molecular formula is C23H26ClF3N4O2. The number of benzene rings is 1. The molecule has 3 N–H and O–H groups in total. The fourth-order valence-electron chi connectivity index (χ4n) is 4.53. The quantitative estimate of drug-likeness (QED) is 0.660. The van der Waals surface area contributed by atoms with Gasteiger partial charge < -0.3 is 20.7 Å². The fourth-order valence-corrected chi connectivity index (χ4v) is 4.75. The lowest BCUT2D eigenvalue weighted by molar-refractivity contribution is -0.0399. The number of ether oxygens (including phenoxy) is 1. The molecule has 1 aliphatic heterocycles. The average molecular weight is 483 g/mol. The number of rotatable bonds is 5. The number of aromatic nitrogens is 1. The minimum absolute atomic E-state index is 0.0930. The van der Waals surface area contributed by atoms with Gasteiger partial charge in [-0.05, 0) is 43.0 Å². The van der Waals surface area contributed by atoms with Crippen LogP contribution in [0.15, 0.2) is 24.4 Å². The molecule has 1 amide bonds. The molecule has 0 unspecified atom stereocenters. The van der Waals surface area contributed by atoms with Gasteiger partial charge in [0.1, 0.15) is 5.82 Å². The summed E-state index contributed by atoms with van der Waals surface area (Å²) in [7, 11) is 1.44. The van der Waals surface area contributed by atoms with Crippen LogP contribution in [0.2, 0.25) is 5.02 Å². The summed E-state index contributed by atoms with van der Waals surface area (Å²) in [6.07, 6.45) is 1.97. The molecule has 4 rings (SSSR count). The van der Waals surface area contributed by atoms with E-state index in [1.54, 1.807) is 6.07 Å². The number of anilines is 1. The van der Waals surface area contributed by atoms with Gasteiger partial charge in [-0.25, -0.2) is 18.2 Å². The van der Waals surface area contributed by atoms with Gasteiger partial charge in [0.25, 0.3) is 5.91 Å². The van der Waals surface area contributed by atoms with Crippen LogP contribution in [-0.2, 0) is 0 Å². The Labute approximate surface area is 195 Å². The molecule has 2 aliphatic rings. The lowest BCUT2D eigenvalue weighted by Crippen LogP contribution is -2.41. The maximum Gasteiger partial charge on any atom is 0.255 e. The Kier molecular flexibility index (Phi) is 6.72. The van der Waals surface area contributed by atoms with Gasteiger partial charge in [-0.2, -0.15) is 0 Å².